The van der Waals surface area contributed by atoms with E-state index in [2.05, 4.69) is 41.1 Å². The molecule has 0 saturated carbocycles. The summed E-state index contributed by atoms with van der Waals surface area (Å²) >= 11 is 0. The average Bonchev–Trinajstić information content (AvgIpc) is 2.99. The third-order valence-electron chi connectivity index (χ3n) is 4.00. The second-order valence-electron chi connectivity index (χ2n) is 6.29. The number of fused-ring (bicyclic) bond motifs is 1. The molecule has 25 heavy (non-hydrogen) atoms. The molecule has 0 fully saturated rings. The first-order valence-electron chi connectivity index (χ1n) is 8.75. The first kappa shape index (κ1) is 19.4. The van der Waals surface area contributed by atoms with Crippen LogP contribution in [0.1, 0.15) is 13.8 Å². The van der Waals surface area contributed by atoms with Crippen LogP contribution in [0.5, 0.6) is 0 Å². The Morgan fingerprint density at radius 3 is 2.80 bits per heavy atom. The topological polar surface area (TPSA) is 55.7 Å². The van der Waals surface area contributed by atoms with Crippen molar-refractivity contribution in [2.45, 2.75) is 26.5 Å². The molecule has 2 aromatic rings. The molecule has 1 heterocycles. The molecular formula is C19H29N3O3. The highest BCUT2D eigenvalue weighted by Gasteiger charge is 2.14. The van der Waals surface area contributed by atoms with E-state index in [0.29, 0.717) is 19.8 Å². The lowest BCUT2D eigenvalue weighted by molar-refractivity contribution is -0.127. The molecule has 1 atom stereocenters. The van der Waals surface area contributed by atoms with Gasteiger partial charge in [-0.3, -0.25) is 4.79 Å². The summed E-state index contributed by atoms with van der Waals surface area (Å²) in [7, 11) is 4.12. The Labute approximate surface area is 149 Å². The SMILES string of the molecule is CCOCCOC(C)C(=O)Nc1ccc2ccn(CCN(C)C)c2c1. The number of likely N-dealkylation sites (N-methyl/N-ethyl adjacent to an activating group) is 1. The molecule has 1 amide bonds. The van der Waals surface area contributed by atoms with Crippen LogP contribution in [0, 0.1) is 0 Å². The van der Waals surface area contributed by atoms with Crippen molar-refractivity contribution < 1.29 is 14.3 Å². The summed E-state index contributed by atoms with van der Waals surface area (Å²) in [6, 6.07) is 8.05. The minimum atomic E-state index is -0.517. The lowest BCUT2D eigenvalue weighted by Crippen LogP contribution is -2.28. The lowest BCUT2D eigenvalue weighted by atomic mass is 10.2. The predicted octanol–water partition coefficient (Wildman–Crippen LogP) is 2.58. The quantitative estimate of drug-likeness (QED) is 0.671. The van der Waals surface area contributed by atoms with E-state index < -0.39 is 6.10 Å². The molecule has 0 aliphatic heterocycles. The van der Waals surface area contributed by atoms with Crippen molar-refractivity contribution in [2.24, 2.45) is 0 Å². The smallest absolute Gasteiger partial charge is 0.253 e. The van der Waals surface area contributed by atoms with E-state index in [1.54, 1.807) is 6.92 Å². The highest BCUT2D eigenvalue weighted by molar-refractivity contribution is 5.96. The van der Waals surface area contributed by atoms with Gasteiger partial charge >= 0.3 is 0 Å². The summed E-state index contributed by atoms with van der Waals surface area (Å²) in [5.41, 5.74) is 1.90. The van der Waals surface area contributed by atoms with Gasteiger partial charge in [0, 0.05) is 31.6 Å². The maximum atomic E-state index is 12.3. The molecule has 138 valence electrons. The number of hydrogen-bond donors (Lipinski definition) is 1. The monoisotopic (exact) mass is 347 g/mol. The van der Waals surface area contributed by atoms with Crippen molar-refractivity contribution in [3.8, 4) is 0 Å². The van der Waals surface area contributed by atoms with Gasteiger partial charge < -0.3 is 24.3 Å². The number of rotatable bonds is 10. The normalized spacial score (nSPS) is 12.7. The highest BCUT2D eigenvalue weighted by atomic mass is 16.5. The number of carbonyl (C=O) groups is 1. The van der Waals surface area contributed by atoms with Crippen LogP contribution in [0.15, 0.2) is 30.5 Å². The third kappa shape index (κ3) is 5.85. The summed E-state index contributed by atoms with van der Waals surface area (Å²) in [6.07, 6.45) is 1.57. The van der Waals surface area contributed by atoms with E-state index in [1.165, 1.54) is 0 Å². The van der Waals surface area contributed by atoms with Gasteiger partial charge in [0.15, 0.2) is 0 Å². The van der Waals surface area contributed by atoms with Crippen molar-refractivity contribution in [2.75, 3.05) is 45.8 Å². The number of ether oxygens (including phenoxy) is 2. The largest absolute Gasteiger partial charge is 0.379 e. The minimum absolute atomic E-state index is 0.151. The number of anilines is 1. The molecule has 0 aliphatic carbocycles. The zero-order chi connectivity index (χ0) is 18.2. The number of aromatic nitrogens is 1. The number of amides is 1. The van der Waals surface area contributed by atoms with E-state index in [4.69, 9.17) is 9.47 Å². The fraction of sp³-hybridized carbons (Fsp3) is 0.526. The molecular weight excluding hydrogens is 318 g/mol. The molecule has 6 heteroatoms. The van der Waals surface area contributed by atoms with Crippen molar-refractivity contribution in [3.63, 3.8) is 0 Å². The Balaban J connectivity index is 1.98. The van der Waals surface area contributed by atoms with Gasteiger partial charge in [0.1, 0.15) is 6.10 Å². The van der Waals surface area contributed by atoms with Crippen LogP contribution >= 0.6 is 0 Å². The predicted molar refractivity (Wildman–Crippen MR) is 101 cm³/mol. The first-order valence-corrected chi connectivity index (χ1v) is 8.75. The van der Waals surface area contributed by atoms with E-state index >= 15 is 0 Å². The van der Waals surface area contributed by atoms with Crippen molar-refractivity contribution in [1.82, 2.24) is 9.47 Å². The van der Waals surface area contributed by atoms with Gasteiger partial charge in [0.05, 0.1) is 18.7 Å². The van der Waals surface area contributed by atoms with Gasteiger partial charge in [-0.05, 0) is 51.5 Å². The molecule has 1 aromatic carbocycles. The van der Waals surface area contributed by atoms with E-state index in [9.17, 15) is 4.79 Å². The van der Waals surface area contributed by atoms with Gasteiger partial charge in [0.2, 0.25) is 0 Å². The number of hydrogen-bond acceptors (Lipinski definition) is 4. The first-order chi connectivity index (χ1) is 12.0. The number of nitrogens with one attached hydrogen (secondary N) is 1. The van der Waals surface area contributed by atoms with Crippen molar-refractivity contribution in [3.05, 3.63) is 30.5 Å². The summed E-state index contributed by atoms with van der Waals surface area (Å²) in [6.45, 7) is 7.11. The molecule has 0 spiro atoms. The summed E-state index contributed by atoms with van der Waals surface area (Å²) in [5.74, 6) is -0.151. The Morgan fingerprint density at radius 2 is 2.08 bits per heavy atom. The van der Waals surface area contributed by atoms with Gasteiger partial charge in [0.25, 0.3) is 5.91 Å². The lowest BCUT2D eigenvalue weighted by Gasteiger charge is -2.14. The van der Waals surface area contributed by atoms with Gasteiger partial charge in [-0.25, -0.2) is 0 Å². The van der Waals surface area contributed by atoms with Gasteiger partial charge in [-0.1, -0.05) is 6.07 Å². The van der Waals surface area contributed by atoms with E-state index in [0.717, 1.165) is 29.7 Å². The van der Waals surface area contributed by atoms with Crippen LogP contribution in [0.2, 0.25) is 0 Å². The number of carbonyl (C=O) groups excluding carboxylic acids is 1. The standard InChI is InChI=1S/C19H29N3O3/c1-5-24-12-13-25-15(2)19(23)20-17-7-6-16-8-9-22(18(16)14-17)11-10-21(3)4/h6-9,14-15H,5,10-13H2,1-4H3,(H,20,23). The van der Waals surface area contributed by atoms with Crippen LogP contribution in [0.3, 0.4) is 0 Å². The Morgan fingerprint density at radius 1 is 1.28 bits per heavy atom. The highest BCUT2D eigenvalue weighted by Crippen LogP contribution is 2.21. The van der Waals surface area contributed by atoms with Crippen molar-refractivity contribution in [1.29, 1.82) is 0 Å². The van der Waals surface area contributed by atoms with Crippen molar-refractivity contribution >= 4 is 22.5 Å². The van der Waals surface area contributed by atoms with Gasteiger partial charge in [-0.15, -0.1) is 0 Å². The second kappa shape index (κ2) is 9.56. The van der Waals surface area contributed by atoms with Crippen LogP contribution < -0.4 is 5.32 Å². The van der Waals surface area contributed by atoms with Crippen LogP contribution in [-0.2, 0) is 20.8 Å². The molecule has 1 aromatic heterocycles. The molecule has 1 N–H and O–H groups in total. The maximum absolute atomic E-state index is 12.3. The van der Waals surface area contributed by atoms with E-state index in [-0.39, 0.29) is 5.91 Å². The summed E-state index contributed by atoms with van der Waals surface area (Å²) < 4.78 is 12.9. The third-order valence-corrected chi connectivity index (χ3v) is 4.00. The van der Waals surface area contributed by atoms with Gasteiger partial charge in [-0.2, -0.15) is 0 Å². The fourth-order valence-electron chi connectivity index (χ4n) is 2.51. The molecule has 0 radical (unpaired) electrons. The molecule has 0 aliphatic rings. The number of benzene rings is 1. The molecule has 1 unspecified atom stereocenters. The zero-order valence-electron chi connectivity index (χ0n) is 15.6. The molecule has 0 bridgehead atoms. The Bertz CT molecular complexity index is 682. The average molecular weight is 347 g/mol. The fourth-order valence-corrected chi connectivity index (χ4v) is 2.51. The molecule has 2 rings (SSSR count). The zero-order valence-corrected chi connectivity index (χ0v) is 15.6. The second-order valence-corrected chi connectivity index (χ2v) is 6.29. The van der Waals surface area contributed by atoms with Crippen LogP contribution in [-0.4, -0.2) is 61.9 Å². The maximum Gasteiger partial charge on any atom is 0.253 e. The minimum Gasteiger partial charge on any atom is -0.379 e. The summed E-state index contributed by atoms with van der Waals surface area (Å²) in [4.78, 5) is 14.4. The molecule has 0 saturated heterocycles. The molecule has 6 nitrogen and oxygen atoms in total. The Kier molecular flexibility index (Phi) is 7.43. The van der Waals surface area contributed by atoms with Crippen LogP contribution in [0.25, 0.3) is 10.9 Å². The number of nitrogens with zero attached hydrogens (tertiary/aromatic N) is 2. The van der Waals surface area contributed by atoms with E-state index in [1.807, 2.05) is 25.1 Å². The Hall–Kier alpha value is -1.89. The van der Waals surface area contributed by atoms with Crippen LogP contribution in [0.4, 0.5) is 5.69 Å². The summed E-state index contributed by atoms with van der Waals surface area (Å²) in [5, 5.41) is 4.09.